The molecule has 1 aromatic carbocycles. The van der Waals surface area contributed by atoms with Gasteiger partial charge in [-0.25, -0.2) is 9.37 Å². The fourth-order valence-electron chi connectivity index (χ4n) is 3.89. The Morgan fingerprint density at radius 1 is 1.21 bits per heavy atom. The number of thiazole rings is 1. The van der Waals surface area contributed by atoms with E-state index in [0.717, 1.165) is 19.3 Å². The molecule has 0 saturated heterocycles. The van der Waals surface area contributed by atoms with Crippen molar-refractivity contribution < 1.29 is 19.1 Å². The second kappa shape index (κ2) is 7.35. The predicted molar refractivity (Wildman–Crippen MR) is 105 cm³/mol. The Morgan fingerprint density at radius 2 is 1.93 bits per heavy atom. The molecule has 146 valence electrons. The Hall–Kier alpha value is -2.74. The first-order chi connectivity index (χ1) is 13.5. The summed E-state index contributed by atoms with van der Waals surface area (Å²) in [5.74, 6) is -1.13. The molecule has 0 bridgehead atoms. The first-order valence-electron chi connectivity index (χ1n) is 9.23. The number of carbonyl (C=O) groups is 2. The van der Waals surface area contributed by atoms with Gasteiger partial charge in [0, 0.05) is 23.6 Å². The zero-order valence-corrected chi connectivity index (χ0v) is 16.0. The predicted octanol–water partition coefficient (Wildman–Crippen LogP) is 4.57. The molecule has 2 aromatic heterocycles. The van der Waals surface area contributed by atoms with E-state index < -0.39 is 11.4 Å². The number of rotatable bonds is 5. The Bertz CT molecular complexity index is 1020. The minimum atomic E-state index is -1.00. The maximum atomic E-state index is 13.3. The van der Waals surface area contributed by atoms with Gasteiger partial charge in [-0.05, 0) is 37.1 Å². The van der Waals surface area contributed by atoms with E-state index in [4.69, 9.17) is 0 Å². The third kappa shape index (κ3) is 3.40. The van der Waals surface area contributed by atoms with Crippen molar-refractivity contribution in [1.82, 2.24) is 9.38 Å². The van der Waals surface area contributed by atoms with Gasteiger partial charge in [-0.3, -0.25) is 14.0 Å². The van der Waals surface area contributed by atoms with E-state index in [9.17, 15) is 19.1 Å². The molecular weight excluding hydrogens is 381 g/mol. The summed E-state index contributed by atoms with van der Waals surface area (Å²) in [5.41, 5.74) is 0.211. The number of aliphatic carboxylic acids is 1. The summed E-state index contributed by atoms with van der Waals surface area (Å²) in [6, 6.07) is 5.90. The van der Waals surface area contributed by atoms with Crippen LogP contribution in [0.2, 0.25) is 0 Å². The summed E-state index contributed by atoms with van der Waals surface area (Å²) in [6.07, 6.45) is 5.40. The van der Waals surface area contributed by atoms with Crippen molar-refractivity contribution in [2.24, 2.45) is 5.41 Å². The highest BCUT2D eigenvalue weighted by Crippen LogP contribution is 2.40. The van der Waals surface area contributed by atoms with Crippen molar-refractivity contribution in [3.63, 3.8) is 0 Å². The van der Waals surface area contributed by atoms with Crippen LogP contribution in [-0.4, -0.2) is 26.4 Å². The Balaban J connectivity index is 1.64. The number of fused-ring (bicyclic) bond motifs is 1. The van der Waals surface area contributed by atoms with E-state index in [2.05, 4.69) is 10.3 Å². The van der Waals surface area contributed by atoms with E-state index in [1.807, 2.05) is 5.38 Å². The van der Waals surface area contributed by atoms with Gasteiger partial charge in [-0.15, -0.1) is 11.3 Å². The zero-order valence-electron chi connectivity index (χ0n) is 15.2. The summed E-state index contributed by atoms with van der Waals surface area (Å²) < 4.78 is 15.0. The Morgan fingerprint density at radius 3 is 2.61 bits per heavy atom. The van der Waals surface area contributed by atoms with E-state index in [0.29, 0.717) is 34.9 Å². The highest BCUT2D eigenvalue weighted by Gasteiger charge is 2.41. The van der Waals surface area contributed by atoms with Crippen molar-refractivity contribution in [2.75, 3.05) is 5.32 Å². The lowest BCUT2D eigenvalue weighted by molar-refractivity contribution is -0.153. The standard InChI is InChI=1S/C20H20FN3O3S/c21-14-6-4-13(5-7-14)16-17(24-10-11-28-19(24)23-16)22-15(25)12-20(18(26)27)8-2-1-3-9-20/h4-7,10-11H,1-3,8-9,12H2,(H,22,25)(H,26,27). The quantitative estimate of drug-likeness (QED) is 0.656. The summed E-state index contributed by atoms with van der Waals surface area (Å²) in [6.45, 7) is 0. The van der Waals surface area contributed by atoms with Crippen molar-refractivity contribution in [1.29, 1.82) is 0 Å². The van der Waals surface area contributed by atoms with Crippen LogP contribution in [0.1, 0.15) is 38.5 Å². The maximum absolute atomic E-state index is 13.3. The molecule has 1 aliphatic rings. The number of anilines is 1. The van der Waals surface area contributed by atoms with Crippen LogP contribution in [-0.2, 0) is 9.59 Å². The lowest BCUT2D eigenvalue weighted by atomic mass is 9.71. The SMILES string of the molecule is O=C(CC1(C(=O)O)CCCCC1)Nc1c(-c2ccc(F)cc2)nc2sccn12. The van der Waals surface area contributed by atoms with Gasteiger partial charge in [0.2, 0.25) is 5.91 Å². The van der Waals surface area contributed by atoms with Crippen LogP contribution in [0.25, 0.3) is 16.2 Å². The van der Waals surface area contributed by atoms with E-state index >= 15 is 0 Å². The monoisotopic (exact) mass is 401 g/mol. The fraction of sp³-hybridized carbons (Fsp3) is 0.350. The summed E-state index contributed by atoms with van der Waals surface area (Å²) in [5, 5.41) is 14.5. The average molecular weight is 401 g/mol. The van der Waals surface area contributed by atoms with Crippen molar-refractivity contribution >= 4 is 34.0 Å². The topological polar surface area (TPSA) is 83.7 Å². The van der Waals surface area contributed by atoms with Crippen molar-refractivity contribution in [2.45, 2.75) is 38.5 Å². The van der Waals surface area contributed by atoms with E-state index in [1.54, 1.807) is 22.7 Å². The number of halogens is 1. The van der Waals surface area contributed by atoms with Gasteiger partial charge >= 0.3 is 5.97 Å². The lowest BCUT2D eigenvalue weighted by Crippen LogP contribution is -2.37. The number of nitrogens with one attached hydrogen (secondary N) is 1. The molecule has 1 fully saturated rings. The highest BCUT2D eigenvalue weighted by molar-refractivity contribution is 7.15. The molecule has 0 atom stereocenters. The number of nitrogens with zero attached hydrogens (tertiary/aromatic N) is 2. The molecule has 2 N–H and O–H groups in total. The first kappa shape index (κ1) is 18.6. The molecule has 1 saturated carbocycles. The third-order valence-electron chi connectivity index (χ3n) is 5.40. The third-order valence-corrected chi connectivity index (χ3v) is 6.16. The second-order valence-electron chi connectivity index (χ2n) is 7.24. The van der Waals surface area contributed by atoms with Gasteiger partial charge in [-0.1, -0.05) is 19.3 Å². The normalized spacial score (nSPS) is 16.2. The number of carboxylic acids is 1. The fourth-order valence-corrected chi connectivity index (χ4v) is 4.61. The van der Waals surface area contributed by atoms with Crippen LogP contribution in [0.15, 0.2) is 35.8 Å². The van der Waals surface area contributed by atoms with Gasteiger partial charge in [0.15, 0.2) is 4.96 Å². The highest BCUT2D eigenvalue weighted by atomic mass is 32.1. The largest absolute Gasteiger partial charge is 0.481 e. The second-order valence-corrected chi connectivity index (χ2v) is 8.12. The van der Waals surface area contributed by atoms with Crippen LogP contribution >= 0.6 is 11.3 Å². The number of carboxylic acid groups (broad SMARTS) is 1. The number of imidazole rings is 1. The molecule has 1 aliphatic carbocycles. The molecule has 0 unspecified atom stereocenters. The van der Waals surface area contributed by atoms with Crippen LogP contribution < -0.4 is 5.32 Å². The number of aromatic nitrogens is 2. The van der Waals surface area contributed by atoms with Crippen LogP contribution in [0, 0.1) is 11.2 Å². The number of hydrogen-bond acceptors (Lipinski definition) is 4. The molecule has 28 heavy (non-hydrogen) atoms. The van der Waals surface area contributed by atoms with Gasteiger partial charge in [0.25, 0.3) is 0 Å². The number of hydrogen-bond donors (Lipinski definition) is 2. The van der Waals surface area contributed by atoms with Crippen LogP contribution in [0.5, 0.6) is 0 Å². The van der Waals surface area contributed by atoms with Crippen molar-refractivity contribution in [3.05, 3.63) is 41.7 Å². The Labute approximate surface area is 165 Å². The molecule has 0 aliphatic heterocycles. The molecule has 0 radical (unpaired) electrons. The molecule has 3 aromatic rings. The number of amides is 1. The van der Waals surface area contributed by atoms with Crippen LogP contribution in [0.3, 0.4) is 0 Å². The van der Waals surface area contributed by atoms with Gasteiger partial charge in [0.05, 0.1) is 5.41 Å². The molecule has 0 spiro atoms. The van der Waals surface area contributed by atoms with Crippen molar-refractivity contribution in [3.8, 4) is 11.3 Å². The van der Waals surface area contributed by atoms with Crippen LogP contribution in [0.4, 0.5) is 10.2 Å². The minimum Gasteiger partial charge on any atom is -0.481 e. The van der Waals surface area contributed by atoms with E-state index in [-0.39, 0.29) is 18.1 Å². The zero-order chi connectivity index (χ0) is 19.7. The summed E-state index contributed by atoms with van der Waals surface area (Å²) in [7, 11) is 0. The van der Waals surface area contributed by atoms with E-state index in [1.165, 1.54) is 23.5 Å². The number of carbonyl (C=O) groups excluding carboxylic acids is 1. The molecular formula is C20H20FN3O3S. The molecule has 4 rings (SSSR count). The summed E-state index contributed by atoms with van der Waals surface area (Å²) in [4.78, 5) is 29.9. The molecule has 1 amide bonds. The van der Waals surface area contributed by atoms with Gasteiger partial charge in [0.1, 0.15) is 17.3 Å². The van der Waals surface area contributed by atoms with Gasteiger partial charge < -0.3 is 10.4 Å². The van der Waals surface area contributed by atoms with Gasteiger partial charge in [-0.2, -0.15) is 0 Å². The minimum absolute atomic E-state index is 0.0669. The molecule has 2 heterocycles. The number of benzene rings is 1. The maximum Gasteiger partial charge on any atom is 0.310 e. The lowest BCUT2D eigenvalue weighted by Gasteiger charge is -2.32. The molecule has 8 heteroatoms. The Kier molecular flexibility index (Phi) is 4.89. The molecule has 6 nitrogen and oxygen atoms in total. The first-order valence-corrected chi connectivity index (χ1v) is 10.1. The smallest absolute Gasteiger partial charge is 0.310 e. The summed E-state index contributed by atoms with van der Waals surface area (Å²) >= 11 is 1.42. The average Bonchev–Trinajstić information content (AvgIpc) is 3.26.